The van der Waals surface area contributed by atoms with Gasteiger partial charge in [-0.2, -0.15) is 0 Å². The topological polar surface area (TPSA) is 3.24 Å². The van der Waals surface area contributed by atoms with Crippen LogP contribution in [0.3, 0.4) is 0 Å². The Kier molecular flexibility index (Phi) is 4.24. The number of nitrogens with zero attached hydrogens (tertiary/aromatic N) is 1. The van der Waals surface area contributed by atoms with Crippen LogP contribution in [0.2, 0.25) is 0 Å². The highest BCUT2D eigenvalue weighted by molar-refractivity contribution is 5.80. The van der Waals surface area contributed by atoms with E-state index in [0.717, 1.165) is 6.42 Å². The Balaban J connectivity index is 2.24. The first-order chi connectivity index (χ1) is 10.8. The van der Waals surface area contributed by atoms with E-state index in [0.29, 0.717) is 0 Å². The van der Waals surface area contributed by atoms with Gasteiger partial charge in [-0.1, -0.05) is 61.5 Å². The summed E-state index contributed by atoms with van der Waals surface area (Å²) < 4.78 is 0. The van der Waals surface area contributed by atoms with E-state index in [1.165, 1.54) is 28.2 Å². The third kappa shape index (κ3) is 2.75. The SMILES string of the molecule is CCc1cccc(C)c1N(c1ccccc1)c1ccccc1. The third-order valence-corrected chi connectivity index (χ3v) is 3.95. The first-order valence-electron chi connectivity index (χ1n) is 7.80. The van der Waals surface area contributed by atoms with Crippen LogP contribution >= 0.6 is 0 Å². The maximum Gasteiger partial charge on any atom is 0.0522 e. The standard InChI is InChI=1S/C21H21N/c1-3-18-12-10-11-17(2)21(18)22(19-13-6-4-7-14-19)20-15-8-5-9-16-20/h4-16H,3H2,1-2H3. The molecule has 1 heteroatoms. The van der Waals surface area contributed by atoms with Gasteiger partial charge in [0.2, 0.25) is 0 Å². The summed E-state index contributed by atoms with van der Waals surface area (Å²) in [4.78, 5) is 2.36. The molecule has 0 aromatic heterocycles. The number of anilines is 3. The molecule has 0 heterocycles. The fourth-order valence-electron chi connectivity index (χ4n) is 2.89. The molecule has 0 fully saturated rings. The molecule has 22 heavy (non-hydrogen) atoms. The molecule has 0 amide bonds. The Morgan fingerprint density at radius 2 is 1.23 bits per heavy atom. The van der Waals surface area contributed by atoms with Crippen LogP contribution in [0.15, 0.2) is 78.9 Å². The summed E-state index contributed by atoms with van der Waals surface area (Å²) in [6.45, 7) is 4.40. The Hall–Kier alpha value is -2.54. The number of para-hydroxylation sites is 3. The zero-order valence-electron chi connectivity index (χ0n) is 13.2. The van der Waals surface area contributed by atoms with Crippen molar-refractivity contribution < 1.29 is 0 Å². The summed E-state index contributed by atoms with van der Waals surface area (Å²) in [5, 5.41) is 0. The zero-order chi connectivity index (χ0) is 15.4. The predicted octanol–water partition coefficient (Wildman–Crippen LogP) is 6.03. The summed E-state index contributed by atoms with van der Waals surface area (Å²) >= 11 is 0. The van der Waals surface area contributed by atoms with Crippen molar-refractivity contribution in [2.45, 2.75) is 20.3 Å². The van der Waals surface area contributed by atoms with E-state index in [1.54, 1.807) is 0 Å². The maximum atomic E-state index is 2.36. The van der Waals surface area contributed by atoms with Gasteiger partial charge in [-0.25, -0.2) is 0 Å². The molecule has 0 aliphatic heterocycles. The third-order valence-electron chi connectivity index (χ3n) is 3.95. The highest BCUT2D eigenvalue weighted by Crippen LogP contribution is 2.38. The van der Waals surface area contributed by atoms with Crippen LogP contribution < -0.4 is 4.90 Å². The van der Waals surface area contributed by atoms with Gasteiger partial charge in [-0.15, -0.1) is 0 Å². The molecule has 110 valence electrons. The van der Waals surface area contributed by atoms with E-state index in [9.17, 15) is 0 Å². The zero-order valence-corrected chi connectivity index (χ0v) is 13.2. The lowest BCUT2D eigenvalue weighted by Gasteiger charge is -2.29. The van der Waals surface area contributed by atoms with Gasteiger partial charge in [0.15, 0.2) is 0 Å². The van der Waals surface area contributed by atoms with Crippen LogP contribution in [0.4, 0.5) is 17.1 Å². The van der Waals surface area contributed by atoms with Crippen LogP contribution in [0.5, 0.6) is 0 Å². The van der Waals surface area contributed by atoms with Crippen molar-refractivity contribution in [2.75, 3.05) is 4.90 Å². The van der Waals surface area contributed by atoms with Crippen molar-refractivity contribution in [3.05, 3.63) is 90.0 Å². The van der Waals surface area contributed by atoms with Gasteiger partial charge in [0, 0.05) is 11.4 Å². The van der Waals surface area contributed by atoms with Crippen LogP contribution in [0.1, 0.15) is 18.1 Å². The van der Waals surface area contributed by atoms with Gasteiger partial charge in [0.25, 0.3) is 0 Å². The van der Waals surface area contributed by atoms with Crippen molar-refractivity contribution in [1.82, 2.24) is 0 Å². The Labute approximate surface area is 132 Å². The number of rotatable bonds is 4. The minimum atomic E-state index is 1.02. The van der Waals surface area contributed by atoms with Crippen molar-refractivity contribution in [2.24, 2.45) is 0 Å². The van der Waals surface area contributed by atoms with E-state index in [-0.39, 0.29) is 0 Å². The highest BCUT2D eigenvalue weighted by Gasteiger charge is 2.16. The molecule has 0 bridgehead atoms. The smallest absolute Gasteiger partial charge is 0.0522 e. The molecule has 3 aromatic rings. The average molecular weight is 287 g/mol. The molecule has 0 radical (unpaired) electrons. The van der Waals surface area contributed by atoms with E-state index >= 15 is 0 Å². The molecule has 0 saturated heterocycles. The summed E-state index contributed by atoms with van der Waals surface area (Å²) in [5.74, 6) is 0. The summed E-state index contributed by atoms with van der Waals surface area (Å²) in [6, 6.07) is 27.7. The lowest BCUT2D eigenvalue weighted by atomic mass is 10.0. The Morgan fingerprint density at radius 1 is 0.682 bits per heavy atom. The molecule has 0 atom stereocenters. The van der Waals surface area contributed by atoms with Crippen LogP contribution in [0, 0.1) is 6.92 Å². The lowest BCUT2D eigenvalue weighted by molar-refractivity contribution is 1.10. The first-order valence-corrected chi connectivity index (χ1v) is 7.80. The Morgan fingerprint density at radius 3 is 1.73 bits per heavy atom. The number of hydrogen-bond donors (Lipinski definition) is 0. The van der Waals surface area contributed by atoms with Crippen LogP contribution in [-0.2, 0) is 6.42 Å². The van der Waals surface area contributed by atoms with Gasteiger partial charge >= 0.3 is 0 Å². The minimum absolute atomic E-state index is 1.02. The molecule has 1 nitrogen and oxygen atoms in total. The monoisotopic (exact) mass is 287 g/mol. The predicted molar refractivity (Wildman–Crippen MR) is 95.2 cm³/mol. The van der Waals surface area contributed by atoms with E-state index in [4.69, 9.17) is 0 Å². The van der Waals surface area contributed by atoms with Gasteiger partial charge in [0.1, 0.15) is 0 Å². The van der Waals surface area contributed by atoms with Crippen molar-refractivity contribution >= 4 is 17.1 Å². The van der Waals surface area contributed by atoms with Crippen LogP contribution in [-0.4, -0.2) is 0 Å². The van der Waals surface area contributed by atoms with Gasteiger partial charge in [-0.3, -0.25) is 0 Å². The fraction of sp³-hybridized carbons (Fsp3) is 0.143. The normalized spacial score (nSPS) is 10.5. The molecular weight excluding hydrogens is 266 g/mol. The summed E-state index contributed by atoms with van der Waals surface area (Å²) in [5.41, 5.74) is 6.34. The molecule has 0 spiro atoms. The number of aryl methyl sites for hydroxylation is 2. The van der Waals surface area contributed by atoms with Crippen molar-refractivity contribution in [1.29, 1.82) is 0 Å². The molecule has 0 N–H and O–H groups in total. The van der Waals surface area contributed by atoms with Gasteiger partial charge < -0.3 is 4.90 Å². The van der Waals surface area contributed by atoms with Crippen molar-refractivity contribution in [3.63, 3.8) is 0 Å². The van der Waals surface area contributed by atoms with Gasteiger partial charge in [0.05, 0.1) is 5.69 Å². The number of hydrogen-bond acceptors (Lipinski definition) is 1. The quantitative estimate of drug-likeness (QED) is 0.566. The second-order valence-corrected chi connectivity index (χ2v) is 5.44. The fourth-order valence-corrected chi connectivity index (χ4v) is 2.89. The second kappa shape index (κ2) is 6.48. The first kappa shape index (κ1) is 14.4. The summed E-state index contributed by atoms with van der Waals surface area (Å²) in [7, 11) is 0. The largest absolute Gasteiger partial charge is 0.310 e. The average Bonchev–Trinajstić information content (AvgIpc) is 2.58. The minimum Gasteiger partial charge on any atom is -0.310 e. The molecule has 3 rings (SSSR count). The molecule has 0 unspecified atom stereocenters. The lowest BCUT2D eigenvalue weighted by Crippen LogP contribution is -2.13. The van der Waals surface area contributed by atoms with Crippen molar-refractivity contribution in [3.8, 4) is 0 Å². The molecule has 0 saturated carbocycles. The van der Waals surface area contributed by atoms with E-state index in [2.05, 4.69) is 97.6 Å². The molecule has 3 aromatic carbocycles. The Bertz CT molecular complexity index is 693. The van der Waals surface area contributed by atoms with E-state index in [1.807, 2.05) is 0 Å². The van der Waals surface area contributed by atoms with Crippen LogP contribution in [0.25, 0.3) is 0 Å². The maximum absolute atomic E-state index is 2.36. The molecule has 0 aliphatic rings. The molecule has 0 aliphatic carbocycles. The highest BCUT2D eigenvalue weighted by atomic mass is 15.1. The van der Waals surface area contributed by atoms with Gasteiger partial charge in [-0.05, 0) is 48.7 Å². The van der Waals surface area contributed by atoms with E-state index < -0.39 is 0 Å². The second-order valence-electron chi connectivity index (χ2n) is 5.44. The molecular formula is C21H21N. The number of benzene rings is 3. The summed E-state index contributed by atoms with van der Waals surface area (Å²) in [6.07, 6.45) is 1.02.